The summed E-state index contributed by atoms with van der Waals surface area (Å²) in [6, 6.07) is 4.54. The molecule has 112 valence electrons. The van der Waals surface area contributed by atoms with Crippen LogP contribution in [0.4, 0.5) is 0 Å². The van der Waals surface area contributed by atoms with Gasteiger partial charge in [-0.1, -0.05) is 13.0 Å². The van der Waals surface area contributed by atoms with E-state index >= 15 is 0 Å². The van der Waals surface area contributed by atoms with Crippen molar-refractivity contribution >= 4 is 17.3 Å². The lowest BCUT2D eigenvalue weighted by Crippen LogP contribution is -2.41. The number of carbonyl (C=O) groups is 1. The summed E-state index contributed by atoms with van der Waals surface area (Å²) in [7, 11) is 1.44. The molecule has 1 aliphatic rings. The van der Waals surface area contributed by atoms with Gasteiger partial charge in [0.05, 0.1) is 25.7 Å². The van der Waals surface area contributed by atoms with Gasteiger partial charge >= 0.3 is 5.97 Å². The molecule has 1 fully saturated rings. The summed E-state index contributed by atoms with van der Waals surface area (Å²) >= 11 is 1.68. The highest BCUT2D eigenvalue weighted by atomic mass is 32.1. The Morgan fingerprint density at radius 3 is 3.15 bits per heavy atom. The van der Waals surface area contributed by atoms with Gasteiger partial charge in [-0.2, -0.15) is 0 Å². The molecule has 2 rings (SSSR count). The second kappa shape index (κ2) is 7.76. The zero-order valence-corrected chi connectivity index (χ0v) is 12.9. The number of rotatable bonds is 6. The molecule has 2 heterocycles. The van der Waals surface area contributed by atoms with Gasteiger partial charge in [0.25, 0.3) is 0 Å². The van der Waals surface area contributed by atoms with Gasteiger partial charge < -0.3 is 14.8 Å². The van der Waals surface area contributed by atoms with Gasteiger partial charge in [-0.25, -0.2) is 0 Å². The van der Waals surface area contributed by atoms with Gasteiger partial charge in [-0.15, -0.1) is 11.3 Å². The van der Waals surface area contributed by atoms with Gasteiger partial charge in [0.2, 0.25) is 0 Å². The summed E-state index contributed by atoms with van der Waals surface area (Å²) in [5.74, 6) is -0.171. The van der Waals surface area contributed by atoms with Crippen LogP contribution >= 0.6 is 11.3 Å². The van der Waals surface area contributed by atoms with Gasteiger partial charge in [0.1, 0.15) is 0 Å². The van der Waals surface area contributed by atoms with Gasteiger partial charge in [-0.05, 0) is 30.7 Å². The fraction of sp³-hybridized carbons (Fsp3) is 0.667. The minimum Gasteiger partial charge on any atom is -0.469 e. The Morgan fingerprint density at radius 2 is 2.50 bits per heavy atom. The zero-order chi connectivity index (χ0) is 14.4. The highest BCUT2D eigenvalue weighted by Gasteiger charge is 2.26. The Kier molecular flexibility index (Phi) is 6.01. The summed E-state index contributed by atoms with van der Waals surface area (Å²) in [5, 5.41) is 5.66. The molecular weight excluding hydrogens is 274 g/mol. The molecule has 1 aromatic heterocycles. The van der Waals surface area contributed by atoms with Crippen LogP contribution in [0.1, 0.15) is 43.5 Å². The van der Waals surface area contributed by atoms with Crippen molar-refractivity contribution in [1.29, 1.82) is 0 Å². The second-order valence-electron chi connectivity index (χ2n) is 5.14. The molecule has 20 heavy (non-hydrogen) atoms. The molecule has 1 N–H and O–H groups in total. The first kappa shape index (κ1) is 15.5. The smallest absolute Gasteiger partial charge is 0.307 e. The fourth-order valence-electron chi connectivity index (χ4n) is 2.58. The predicted octanol–water partition coefficient (Wildman–Crippen LogP) is 2.90. The highest BCUT2D eigenvalue weighted by Crippen LogP contribution is 2.26. The third-order valence-electron chi connectivity index (χ3n) is 3.74. The van der Waals surface area contributed by atoms with E-state index in [4.69, 9.17) is 9.47 Å². The Hall–Kier alpha value is -0.910. The van der Waals surface area contributed by atoms with E-state index in [2.05, 4.69) is 18.3 Å². The van der Waals surface area contributed by atoms with Crippen LogP contribution in [-0.4, -0.2) is 31.8 Å². The Balaban J connectivity index is 1.98. The number of esters is 1. The number of carbonyl (C=O) groups excluding carboxylic acids is 1. The SMILES string of the molecule is CCC1CC(NC(CC(=O)OC)c2cccs2)CCO1. The van der Waals surface area contributed by atoms with Crippen LogP contribution in [-0.2, 0) is 14.3 Å². The first-order valence-electron chi connectivity index (χ1n) is 7.20. The lowest BCUT2D eigenvalue weighted by atomic mass is 9.99. The predicted molar refractivity (Wildman–Crippen MR) is 79.9 cm³/mol. The number of hydrogen-bond acceptors (Lipinski definition) is 5. The molecule has 5 heteroatoms. The van der Waals surface area contributed by atoms with Crippen molar-refractivity contribution in [3.8, 4) is 0 Å². The number of methoxy groups -OCH3 is 1. The third-order valence-corrected chi connectivity index (χ3v) is 4.73. The number of hydrogen-bond donors (Lipinski definition) is 1. The topological polar surface area (TPSA) is 47.6 Å². The highest BCUT2D eigenvalue weighted by molar-refractivity contribution is 7.10. The van der Waals surface area contributed by atoms with Crippen LogP contribution in [0.2, 0.25) is 0 Å². The van der Waals surface area contributed by atoms with E-state index in [-0.39, 0.29) is 12.0 Å². The summed E-state index contributed by atoms with van der Waals surface area (Å²) in [5.41, 5.74) is 0. The quantitative estimate of drug-likeness (QED) is 0.820. The summed E-state index contributed by atoms with van der Waals surface area (Å²) in [4.78, 5) is 12.8. The minimum absolute atomic E-state index is 0.0445. The van der Waals surface area contributed by atoms with Crippen LogP contribution in [0.3, 0.4) is 0 Å². The summed E-state index contributed by atoms with van der Waals surface area (Å²) < 4.78 is 10.5. The largest absolute Gasteiger partial charge is 0.469 e. The number of nitrogens with one attached hydrogen (secondary N) is 1. The molecule has 4 nitrogen and oxygen atoms in total. The Bertz CT molecular complexity index is 407. The van der Waals surface area contributed by atoms with Crippen LogP contribution in [0.15, 0.2) is 17.5 Å². The van der Waals surface area contributed by atoms with Crippen molar-refractivity contribution in [3.05, 3.63) is 22.4 Å². The molecule has 0 aliphatic carbocycles. The van der Waals surface area contributed by atoms with Gasteiger partial charge in [0, 0.05) is 17.5 Å². The number of ether oxygens (including phenoxy) is 2. The van der Waals surface area contributed by atoms with Crippen molar-refractivity contribution in [1.82, 2.24) is 5.32 Å². The van der Waals surface area contributed by atoms with Crippen LogP contribution in [0, 0.1) is 0 Å². The van der Waals surface area contributed by atoms with E-state index in [0.29, 0.717) is 18.6 Å². The van der Waals surface area contributed by atoms with Crippen molar-refractivity contribution in [2.24, 2.45) is 0 Å². The average molecular weight is 297 g/mol. The number of thiophene rings is 1. The van der Waals surface area contributed by atoms with Crippen molar-refractivity contribution in [2.45, 2.75) is 50.8 Å². The lowest BCUT2D eigenvalue weighted by molar-refractivity contribution is -0.141. The van der Waals surface area contributed by atoms with Crippen LogP contribution in [0.5, 0.6) is 0 Å². The molecule has 0 saturated carbocycles. The van der Waals surface area contributed by atoms with E-state index in [1.54, 1.807) is 11.3 Å². The molecule has 0 radical (unpaired) electrons. The van der Waals surface area contributed by atoms with Crippen LogP contribution in [0.25, 0.3) is 0 Å². The fourth-order valence-corrected chi connectivity index (χ4v) is 3.37. The standard InChI is InChI=1S/C15H23NO3S/c1-3-12-9-11(6-7-19-12)16-13(10-15(17)18-2)14-5-4-8-20-14/h4-5,8,11-13,16H,3,6-7,9-10H2,1-2H3. The second-order valence-corrected chi connectivity index (χ2v) is 6.12. The first-order valence-corrected chi connectivity index (χ1v) is 8.08. The molecule has 3 unspecified atom stereocenters. The zero-order valence-electron chi connectivity index (χ0n) is 12.1. The molecule has 0 spiro atoms. The van der Waals surface area contributed by atoms with Crippen LogP contribution < -0.4 is 5.32 Å². The van der Waals surface area contributed by atoms with Crippen molar-refractivity contribution in [2.75, 3.05) is 13.7 Å². The maximum atomic E-state index is 11.6. The maximum absolute atomic E-state index is 11.6. The third kappa shape index (κ3) is 4.30. The van der Waals surface area contributed by atoms with Gasteiger partial charge in [0.15, 0.2) is 0 Å². The summed E-state index contributed by atoms with van der Waals surface area (Å²) in [6.45, 7) is 2.95. The monoisotopic (exact) mass is 297 g/mol. The van der Waals surface area contributed by atoms with E-state index in [0.717, 1.165) is 25.9 Å². The van der Waals surface area contributed by atoms with E-state index in [1.165, 1.54) is 12.0 Å². The van der Waals surface area contributed by atoms with Gasteiger partial charge in [-0.3, -0.25) is 4.79 Å². The molecule has 1 saturated heterocycles. The first-order chi connectivity index (χ1) is 9.72. The molecule has 3 atom stereocenters. The molecule has 1 aromatic rings. The summed E-state index contributed by atoms with van der Waals surface area (Å²) in [6.07, 6.45) is 3.77. The molecule has 0 bridgehead atoms. The van der Waals surface area contributed by atoms with Crippen molar-refractivity contribution in [3.63, 3.8) is 0 Å². The van der Waals surface area contributed by atoms with Crippen molar-refractivity contribution < 1.29 is 14.3 Å². The van der Waals surface area contributed by atoms with E-state index in [1.807, 2.05) is 11.4 Å². The maximum Gasteiger partial charge on any atom is 0.307 e. The lowest BCUT2D eigenvalue weighted by Gasteiger charge is -2.32. The Morgan fingerprint density at radius 1 is 1.65 bits per heavy atom. The van der Waals surface area contributed by atoms with E-state index < -0.39 is 0 Å². The minimum atomic E-state index is -0.171. The average Bonchev–Trinajstić information content (AvgIpc) is 3.00. The molecular formula is C15H23NO3S. The normalized spacial score (nSPS) is 24.3. The van der Waals surface area contributed by atoms with E-state index in [9.17, 15) is 4.79 Å². The molecule has 0 amide bonds. The molecule has 1 aliphatic heterocycles. The molecule has 0 aromatic carbocycles. The Labute approximate surface area is 124 Å².